The Morgan fingerprint density at radius 3 is 1.85 bits per heavy atom. The highest BCUT2D eigenvalue weighted by molar-refractivity contribution is 5.91. The molecule has 0 amide bonds. The topological polar surface area (TPSA) is 52.6 Å². The van der Waals surface area contributed by atoms with Gasteiger partial charge in [0.2, 0.25) is 0 Å². The van der Waals surface area contributed by atoms with Crippen molar-refractivity contribution in [3.05, 3.63) is 97.1 Å². The average molecular weight is 344 g/mol. The van der Waals surface area contributed by atoms with Crippen molar-refractivity contribution in [3.8, 4) is 22.6 Å². The lowest BCUT2D eigenvalue weighted by atomic mass is 10.1. The maximum Gasteiger partial charge on any atom is 0.343 e. The summed E-state index contributed by atoms with van der Waals surface area (Å²) in [4.78, 5) is 23.4. The third kappa shape index (κ3) is 4.24. The summed E-state index contributed by atoms with van der Waals surface area (Å²) in [5.74, 6) is -0.256. The number of hydrogen-bond donors (Lipinski definition) is 0. The van der Waals surface area contributed by atoms with E-state index in [0.717, 1.165) is 17.2 Å². The molecule has 0 N–H and O–H groups in total. The molecule has 0 aliphatic carbocycles. The largest absolute Gasteiger partial charge is 0.423 e. The molecule has 3 rings (SSSR count). The smallest absolute Gasteiger partial charge is 0.343 e. The number of carbonyl (C=O) groups is 2. The van der Waals surface area contributed by atoms with Crippen molar-refractivity contribution < 1.29 is 19.1 Å². The molecular formula is C22H16O4. The maximum absolute atomic E-state index is 12.2. The summed E-state index contributed by atoms with van der Waals surface area (Å²) in [7, 11) is 0. The first-order valence-corrected chi connectivity index (χ1v) is 7.98. The van der Waals surface area contributed by atoms with Gasteiger partial charge in [0, 0.05) is 6.08 Å². The van der Waals surface area contributed by atoms with Crippen LogP contribution in [0.4, 0.5) is 0 Å². The van der Waals surface area contributed by atoms with E-state index < -0.39 is 11.9 Å². The summed E-state index contributed by atoms with van der Waals surface area (Å²) >= 11 is 0. The highest BCUT2D eigenvalue weighted by Crippen LogP contribution is 2.23. The van der Waals surface area contributed by atoms with Crippen molar-refractivity contribution in [2.45, 2.75) is 0 Å². The molecule has 0 aliphatic heterocycles. The van der Waals surface area contributed by atoms with Crippen LogP contribution in [0.2, 0.25) is 0 Å². The van der Waals surface area contributed by atoms with Crippen molar-refractivity contribution in [1.29, 1.82) is 0 Å². The van der Waals surface area contributed by atoms with Crippen LogP contribution in [0, 0.1) is 0 Å². The van der Waals surface area contributed by atoms with E-state index in [1.54, 1.807) is 12.1 Å². The molecule has 0 bridgehead atoms. The van der Waals surface area contributed by atoms with Gasteiger partial charge in [-0.25, -0.2) is 9.59 Å². The summed E-state index contributed by atoms with van der Waals surface area (Å²) in [6.45, 7) is 3.33. The van der Waals surface area contributed by atoms with Crippen LogP contribution in [0.15, 0.2) is 91.5 Å². The third-order valence-electron chi connectivity index (χ3n) is 3.65. The molecule has 3 aromatic carbocycles. The number of ether oxygens (including phenoxy) is 2. The summed E-state index contributed by atoms with van der Waals surface area (Å²) in [5.41, 5.74) is 2.49. The predicted octanol–water partition coefficient (Wildman–Crippen LogP) is 4.66. The zero-order valence-corrected chi connectivity index (χ0v) is 13.9. The van der Waals surface area contributed by atoms with Gasteiger partial charge in [0.05, 0.1) is 5.56 Å². The molecular weight excluding hydrogens is 328 g/mol. The lowest BCUT2D eigenvalue weighted by molar-refractivity contribution is -0.128. The molecule has 128 valence electrons. The van der Waals surface area contributed by atoms with Crippen LogP contribution in [0.5, 0.6) is 11.5 Å². The van der Waals surface area contributed by atoms with Gasteiger partial charge in [-0.3, -0.25) is 0 Å². The summed E-state index contributed by atoms with van der Waals surface area (Å²) in [6, 6.07) is 23.4. The fourth-order valence-corrected chi connectivity index (χ4v) is 2.33. The minimum atomic E-state index is -0.557. The van der Waals surface area contributed by atoms with Gasteiger partial charge in [-0.05, 0) is 47.5 Å². The average Bonchev–Trinajstić information content (AvgIpc) is 2.69. The van der Waals surface area contributed by atoms with Gasteiger partial charge in [0.25, 0.3) is 0 Å². The zero-order chi connectivity index (χ0) is 18.4. The van der Waals surface area contributed by atoms with Crippen LogP contribution < -0.4 is 9.47 Å². The van der Waals surface area contributed by atoms with Gasteiger partial charge in [-0.2, -0.15) is 0 Å². The van der Waals surface area contributed by atoms with Crippen molar-refractivity contribution in [2.75, 3.05) is 0 Å². The van der Waals surface area contributed by atoms with Crippen LogP contribution in [0.25, 0.3) is 11.1 Å². The molecule has 0 aromatic heterocycles. The van der Waals surface area contributed by atoms with E-state index in [9.17, 15) is 9.59 Å². The van der Waals surface area contributed by atoms with Gasteiger partial charge in [-0.1, -0.05) is 49.0 Å². The van der Waals surface area contributed by atoms with Crippen molar-refractivity contribution in [2.24, 2.45) is 0 Å². The van der Waals surface area contributed by atoms with Crippen LogP contribution in [-0.2, 0) is 4.79 Å². The highest BCUT2D eigenvalue weighted by atomic mass is 16.5. The Balaban J connectivity index is 1.66. The van der Waals surface area contributed by atoms with E-state index in [4.69, 9.17) is 9.47 Å². The quantitative estimate of drug-likeness (QED) is 0.384. The summed E-state index contributed by atoms with van der Waals surface area (Å²) < 4.78 is 10.3. The second kappa shape index (κ2) is 7.94. The van der Waals surface area contributed by atoms with Gasteiger partial charge < -0.3 is 9.47 Å². The van der Waals surface area contributed by atoms with Crippen LogP contribution in [-0.4, -0.2) is 11.9 Å². The molecule has 3 aromatic rings. The molecule has 0 fully saturated rings. The molecule has 0 unspecified atom stereocenters. The molecule has 4 heteroatoms. The monoisotopic (exact) mass is 344 g/mol. The Labute approximate surface area is 151 Å². The number of rotatable bonds is 5. The fourth-order valence-electron chi connectivity index (χ4n) is 2.33. The Morgan fingerprint density at radius 2 is 1.23 bits per heavy atom. The molecule has 0 aliphatic rings. The zero-order valence-electron chi connectivity index (χ0n) is 13.9. The van der Waals surface area contributed by atoms with E-state index in [1.807, 2.05) is 42.5 Å². The minimum absolute atomic E-state index is 0.332. The predicted molar refractivity (Wildman–Crippen MR) is 99.1 cm³/mol. The number of hydrogen-bond acceptors (Lipinski definition) is 4. The van der Waals surface area contributed by atoms with E-state index in [-0.39, 0.29) is 0 Å². The minimum Gasteiger partial charge on any atom is -0.423 e. The molecule has 0 saturated carbocycles. The van der Waals surface area contributed by atoms with E-state index in [0.29, 0.717) is 17.1 Å². The van der Waals surface area contributed by atoms with Crippen molar-refractivity contribution >= 4 is 11.9 Å². The van der Waals surface area contributed by atoms with Crippen molar-refractivity contribution in [1.82, 2.24) is 0 Å². The Kier molecular flexibility index (Phi) is 5.25. The molecule has 0 heterocycles. The number of carbonyl (C=O) groups excluding carboxylic acids is 2. The highest BCUT2D eigenvalue weighted by Gasteiger charge is 2.10. The molecule has 0 saturated heterocycles. The summed E-state index contributed by atoms with van der Waals surface area (Å²) in [5, 5.41) is 0. The second-order valence-electron chi connectivity index (χ2n) is 5.43. The normalized spacial score (nSPS) is 10.0. The van der Waals surface area contributed by atoms with E-state index >= 15 is 0 Å². The number of esters is 2. The first-order chi connectivity index (χ1) is 12.7. The molecule has 4 nitrogen and oxygen atoms in total. The lowest BCUT2D eigenvalue weighted by Gasteiger charge is -2.07. The maximum atomic E-state index is 12.2. The van der Waals surface area contributed by atoms with Crippen LogP contribution >= 0.6 is 0 Å². The van der Waals surface area contributed by atoms with E-state index in [1.165, 1.54) is 24.3 Å². The molecule has 0 spiro atoms. The summed E-state index contributed by atoms with van der Waals surface area (Å²) in [6.07, 6.45) is 1.07. The molecule has 26 heavy (non-hydrogen) atoms. The SMILES string of the molecule is C=CC(=O)Oc1ccc(C(=O)Oc2ccc(-c3ccccc3)cc2)cc1. The van der Waals surface area contributed by atoms with Gasteiger partial charge >= 0.3 is 11.9 Å². The lowest BCUT2D eigenvalue weighted by Crippen LogP contribution is -2.09. The Morgan fingerprint density at radius 1 is 0.692 bits per heavy atom. The van der Waals surface area contributed by atoms with Crippen LogP contribution in [0.1, 0.15) is 10.4 Å². The van der Waals surface area contributed by atoms with Gasteiger partial charge in [0.1, 0.15) is 11.5 Å². The van der Waals surface area contributed by atoms with Crippen LogP contribution in [0.3, 0.4) is 0 Å². The first kappa shape index (κ1) is 17.2. The standard InChI is InChI=1S/C22H16O4/c1-2-21(23)25-19-14-10-18(11-15-19)22(24)26-20-12-8-17(9-13-20)16-6-4-3-5-7-16/h2-15H,1H2. The van der Waals surface area contributed by atoms with Gasteiger partial charge in [0.15, 0.2) is 0 Å². The Hall–Kier alpha value is -3.66. The fraction of sp³-hybridized carbons (Fsp3) is 0. The Bertz CT molecular complexity index is 911. The van der Waals surface area contributed by atoms with Gasteiger partial charge in [-0.15, -0.1) is 0 Å². The molecule has 0 atom stereocenters. The van der Waals surface area contributed by atoms with E-state index in [2.05, 4.69) is 6.58 Å². The number of benzene rings is 3. The molecule has 0 radical (unpaired) electrons. The third-order valence-corrected chi connectivity index (χ3v) is 3.65. The first-order valence-electron chi connectivity index (χ1n) is 7.98. The second-order valence-corrected chi connectivity index (χ2v) is 5.43. The van der Waals surface area contributed by atoms with Crippen molar-refractivity contribution in [3.63, 3.8) is 0 Å².